The molecule has 1 aromatic carbocycles. The Balaban J connectivity index is 0.00000225. The number of benzene rings is 1. The first-order valence-electron chi connectivity index (χ1n) is 4.72. The molecular formula is C10H14NNaO3S. The van der Waals surface area contributed by atoms with E-state index in [1.165, 1.54) is 0 Å². The van der Waals surface area contributed by atoms with Crippen LogP contribution in [0.1, 0.15) is 12.0 Å². The van der Waals surface area contributed by atoms with Crippen molar-refractivity contribution in [1.82, 2.24) is 0 Å². The molecule has 0 amide bonds. The van der Waals surface area contributed by atoms with Crippen LogP contribution in [0.3, 0.4) is 0 Å². The summed E-state index contributed by atoms with van der Waals surface area (Å²) in [5, 5.41) is 3.08. The van der Waals surface area contributed by atoms with E-state index in [0.717, 1.165) is 11.3 Å². The predicted octanol–water partition coefficient (Wildman–Crippen LogP) is -1.65. The maximum Gasteiger partial charge on any atom is 1.00 e. The summed E-state index contributed by atoms with van der Waals surface area (Å²) in [7, 11) is -4.08. The summed E-state index contributed by atoms with van der Waals surface area (Å²) in [6.07, 6.45) is 0.333. The smallest absolute Gasteiger partial charge is 0.748 e. The van der Waals surface area contributed by atoms with Crippen molar-refractivity contribution in [3.63, 3.8) is 0 Å². The summed E-state index contributed by atoms with van der Waals surface area (Å²) in [6.45, 7) is 2.46. The van der Waals surface area contributed by atoms with Crippen molar-refractivity contribution < 1.29 is 42.5 Å². The third-order valence-electron chi connectivity index (χ3n) is 2.03. The summed E-state index contributed by atoms with van der Waals surface area (Å²) in [5.74, 6) is -0.314. The van der Waals surface area contributed by atoms with Crippen LogP contribution in [0.2, 0.25) is 0 Å². The molecule has 0 radical (unpaired) electrons. The van der Waals surface area contributed by atoms with Gasteiger partial charge in [0.25, 0.3) is 0 Å². The maximum atomic E-state index is 10.3. The Hall–Kier alpha value is -0.0700. The van der Waals surface area contributed by atoms with Crippen molar-refractivity contribution in [3.05, 3.63) is 29.8 Å². The van der Waals surface area contributed by atoms with Crippen LogP contribution in [-0.4, -0.2) is 25.3 Å². The second kappa shape index (κ2) is 7.29. The summed E-state index contributed by atoms with van der Waals surface area (Å²) in [4.78, 5) is 0. The van der Waals surface area contributed by atoms with Crippen LogP contribution in [0.5, 0.6) is 0 Å². The molecule has 0 atom stereocenters. The second-order valence-electron chi connectivity index (χ2n) is 3.36. The van der Waals surface area contributed by atoms with Gasteiger partial charge >= 0.3 is 29.6 Å². The fourth-order valence-electron chi connectivity index (χ4n) is 1.24. The average molecular weight is 251 g/mol. The standard InChI is InChI=1S/C10H15NO3S.Na/c1-9-5-2-3-6-10(9)11-7-4-8-15(12,13)14;/h2-3,5-6,11H,4,7-8H2,1H3,(H,12,13,14);/q;+1/p-1. The summed E-state index contributed by atoms with van der Waals surface area (Å²) < 4.78 is 31.0. The van der Waals surface area contributed by atoms with Gasteiger partial charge in [-0.3, -0.25) is 0 Å². The summed E-state index contributed by atoms with van der Waals surface area (Å²) in [5.41, 5.74) is 2.07. The Morgan fingerprint density at radius 2 is 1.94 bits per heavy atom. The topological polar surface area (TPSA) is 69.2 Å². The molecule has 1 rings (SSSR count). The number of nitrogens with one attached hydrogen (secondary N) is 1. The van der Waals surface area contributed by atoms with E-state index in [-0.39, 0.29) is 35.3 Å². The minimum atomic E-state index is -4.08. The molecule has 4 nitrogen and oxygen atoms in total. The zero-order valence-corrected chi connectivity index (χ0v) is 12.4. The molecule has 0 saturated heterocycles. The number of para-hydroxylation sites is 1. The molecule has 0 unspecified atom stereocenters. The normalized spacial score (nSPS) is 10.6. The van der Waals surface area contributed by atoms with Gasteiger partial charge in [-0.2, -0.15) is 0 Å². The fraction of sp³-hybridized carbons (Fsp3) is 0.400. The molecule has 0 aromatic heterocycles. The molecule has 6 heteroatoms. The zero-order valence-electron chi connectivity index (χ0n) is 9.56. The summed E-state index contributed by atoms with van der Waals surface area (Å²) >= 11 is 0. The maximum absolute atomic E-state index is 10.3. The van der Waals surface area contributed by atoms with Gasteiger partial charge in [0.05, 0.1) is 10.1 Å². The van der Waals surface area contributed by atoms with Gasteiger partial charge in [0, 0.05) is 18.0 Å². The van der Waals surface area contributed by atoms with E-state index in [1.54, 1.807) is 0 Å². The summed E-state index contributed by atoms with van der Waals surface area (Å²) in [6, 6.07) is 7.72. The quantitative estimate of drug-likeness (QED) is 0.386. The molecule has 16 heavy (non-hydrogen) atoms. The number of aryl methyl sites for hydroxylation is 1. The van der Waals surface area contributed by atoms with Gasteiger partial charge in [-0.25, -0.2) is 8.42 Å². The first-order valence-corrected chi connectivity index (χ1v) is 6.30. The van der Waals surface area contributed by atoms with Crippen molar-refractivity contribution in [2.45, 2.75) is 13.3 Å². The largest absolute Gasteiger partial charge is 1.00 e. The van der Waals surface area contributed by atoms with Crippen molar-refractivity contribution in [2.24, 2.45) is 0 Å². The monoisotopic (exact) mass is 251 g/mol. The van der Waals surface area contributed by atoms with E-state index in [2.05, 4.69) is 5.32 Å². The molecule has 1 aromatic rings. The van der Waals surface area contributed by atoms with Gasteiger partial charge in [-0.15, -0.1) is 0 Å². The van der Waals surface area contributed by atoms with Crippen LogP contribution >= 0.6 is 0 Å². The number of hydrogen-bond donors (Lipinski definition) is 1. The van der Waals surface area contributed by atoms with Crippen LogP contribution in [0.4, 0.5) is 5.69 Å². The SMILES string of the molecule is Cc1ccccc1NCCCS(=O)(=O)[O-].[Na+]. The number of hydrogen-bond acceptors (Lipinski definition) is 4. The zero-order chi connectivity index (χ0) is 11.3. The van der Waals surface area contributed by atoms with Crippen molar-refractivity contribution in [1.29, 1.82) is 0 Å². The number of rotatable bonds is 5. The van der Waals surface area contributed by atoms with Gasteiger partial charge in [0.1, 0.15) is 0 Å². The van der Waals surface area contributed by atoms with E-state index in [4.69, 9.17) is 0 Å². The van der Waals surface area contributed by atoms with E-state index in [1.807, 2.05) is 31.2 Å². The van der Waals surface area contributed by atoms with Gasteiger partial charge < -0.3 is 9.87 Å². The molecule has 84 valence electrons. The minimum Gasteiger partial charge on any atom is -0.748 e. The minimum absolute atomic E-state index is 0. The van der Waals surface area contributed by atoms with Crippen LogP contribution in [0.15, 0.2) is 24.3 Å². The number of anilines is 1. The van der Waals surface area contributed by atoms with E-state index in [9.17, 15) is 13.0 Å². The van der Waals surface area contributed by atoms with Gasteiger partial charge in [0.2, 0.25) is 0 Å². The second-order valence-corrected chi connectivity index (χ2v) is 4.88. The molecule has 0 saturated carbocycles. The molecule has 0 bridgehead atoms. The van der Waals surface area contributed by atoms with Crippen LogP contribution in [0, 0.1) is 6.92 Å². The predicted molar refractivity (Wildman–Crippen MR) is 58.8 cm³/mol. The molecule has 0 spiro atoms. The molecular weight excluding hydrogens is 237 g/mol. The van der Waals surface area contributed by atoms with Gasteiger partial charge in [-0.1, -0.05) is 18.2 Å². The Morgan fingerprint density at radius 3 is 2.50 bits per heavy atom. The Morgan fingerprint density at radius 1 is 1.31 bits per heavy atom. The fourth-order valence-corrected chi connectivity index (χ4v) is 1.74. The molecule has 0 aliphatic carbocycles. The van der Waals surface area contributed by atoms with Gasteiger partial charge in [0.15, 0.2) is 0 Å². The van der Waals surface area contributed by atoms with E-state index >= 15 is 0 Å². The van der Waals surface area contributed by atoms with Crippen LogP contribution in [0.25, 0.3) is 0 Å². The molecule has 0 heterocycles. The molecule has 0 aliphatic rings. The Kier molecular flexibility index (Phi) is 7.26. The van der Waals surface area contributed by atoms with Gasteiger partial charge in [-0.05, 0) is 25.0 Å². The molecule has 0 aliphatic heterocycles. The Labute approximate surface area is 118 Å². The van der Waals surface area contributed by atoms with Crippen molar-refractivity contribution in [3.8, 4) is 0 Å². The Bertz CT molecular complexity index is 420. The average Bonchev–Trinajstić information content (AvgIpc) is 2.13. The first kappa shape index (κ1) is 15.9. The van der Waals surface area contributed by atoms with E-state index in [0.29, 0.717) is 13.0 Å². The van der Waals surface area contributed by atoms with Crippen molar-refractivity contribution in [2.75, 3.05) is 17.6 Å². The van der Waals surface area contributed by atoms with Crippen LogP contribution in [-0.2, 0) is 10.1 Å². The van der Waals surface area contributed by atoms with E-state index < -0.39 is 10.1 Å². The third kappa shape index (κ3) is 6.50. The van der Waals surface area contributed by atoms with Crippen LogP contribution < -0.4 is 34.9 Å². The first-order chi connectivity index (χ1) is 6.99. The third-order valence-corrected chi connectivity index (χ3v) is 2.82. The molecule has 1 N–H and O–H groups in total. The van der Waals surface area contributed by atoms with Crippen molar-refractivity contribution >= 4 is 15.8 Å². The molecule has 0 fully saturated rings.